The Balaban J connectivity index is 1.24. The van der Waals surface area contributed by atoms with Crippen molar-refractivity contribution in [2.24, 2.45) is 5.92 Å². The topological polar surface area (TPSA) is 73.5 Å². The average molecular weight is 396 g/mol. The molecule has 0 saturated carbocycles. The van der Waals surface area contributed by atoms with Gasteiger partial charge < -0.3 is 18.9 Å². The van der Waals surface area contributed by atoms with Crippen LogP contribution in [0.5, 0.6) is 11.6 Å². The van der Waals surface area contributed by atoms with Crippen molar-refractivity contribution in [1.29, 1.82) is 0 Å². The summed E-state index contributed by atoms with van der Waals surface area (Å²) in [5.74, 6) is 3.02. The highest BCUT2D eigenvalue weighted by Crippen LogP contribution is 2.29. The summed E-state index contributed by atoms with van der Waals surface area (Å²) in [6.45, 7) is 7.40. The summed E-state index contributed by atoms with van der Waals surface area (Å²) in [5, 5.41) is 13.3. The molecule has 0 atom stereocenters. The Labute approximate surface area is 171 Å². The van der Waals surface area contributed by atoms with Crippen molar-refractivity contribution in [2.75, 3.05) is 31.2 Å². The number of ether oxygens (including phenoxy) is 2. The van der Waals surface area contributed by atoms with Gasteiger partial charge in [0.1, 0.15) is 5.75 Å². The van der Waals surface area contributed by atoms with Crippen molar-refractivity contribution >= 4 is 16.8 Å². The maximum atomic E-state index is 5.97. The van der Waals surface area contributed by atoms with E-state index in [-0.39, 0.29) is 0 Å². The van der Waals surface area contributed by atoms with Crippen LogP contribution >= 0.6 is 0 Å². The van der Waals surface area contributed by atoms with Crippen molar-refractivity contribution in [3.05, 3.63) is 36.0 Å². The van der Waals surface area contributed by atoms with E-state index in [9.17, 15) is 0 Å². The SMILES string of the molecule is CCCOc1noc2cc(OCCC3CCN(c4ccc(C)nn4)CC3)ccc12. The summed E-state index contributed by atoms with van der Waals surface area (Å²) in [6.07, 6.45) is 4.29. The molecule has 0 spiro atoms. The van der Waals surface area contributed by atoms with Gasteiger partial charge in [-0.25, -0.2) is 0 Å². The lowest BCUT2D eigenvalue weighted by Crippen LogP contribution is -2.34. The molecule has 0 bridgehead atoms. The van der Waals surface area contributed by atoms with Crippen LogP contribution in [0.15, 0.2) is 34.9 Å². The summed E-state index contributed by atoms with van der Waals surface area (Å²) >= 11 is 0. The molecule has 1 aliphatic heterocycles. The zero-order chi connectivity index (χ0) is 20.1. The highest BCUT2D eigenvalue weighted by molar-refractivity contribution is 5.83. The molecule has 154 valence electrons. The van der Waals surface area contributed by atoms with Crippen LogP contribution in [0.4, 0.5) is 5.82 Å². The third-order valence-electron chi connectivity index (χ3n) is 5.37. The molecule has 4 rings (SSSR count). The molecule has 1 saturated heterocycles. The maximum Gasteiger partial charge on any atom is 0.262 e. The van der Waals surface area contributed by atoms with Gasteiger partial charge in [-0.1, -0.05) is 6.92 Å². The van der Waals surface area contributed by atoms with Gasteiger partial charge in [-0.15, -0.1) is 5.10 Å². The van der Waals surface area contributed by atoms with E-state index in [0.29, 0.717) is 30.6 Å². The van der Waals surface area contributed by atoms with E-state index in [4.69, 9.17) is 14.0 Å². The number of anilines is 1. The average Bonchev–Trinajstić information content (AvgIpc) is 3.15. The minimum atomic E-state index is 0.554. The minimum Gasteiger partial charge on any atom is -0.493 e. The van der Waals surface area contributed by atoms with Crippen LogP contribution in [0.2, 0.25) is 0 Å². The molecule has 3 heterocycles. The van der Waals surface area contributed by atoms with Gasteiger partial charge in [-0.3, -0.25) is 0 Å². The first-order valence-electron chi connectivity index (χ1n) is 10.4. The summed E-state index contributed by atoms with van der Waals surface area (Å²) in [6, 6.07) is 9.88. The monoisotopic (exact) mass is 396 g/mol. The Morgan fingerprint density at radius 3 is 2.69 bits per heavy atom. The third kappa shape index (κ3) is 4.78. The van der Waals surface area contributed by atoms with Crippen molar-refractivity contribution in [1.82, 2.24) is 15.4 Å². The van der Waals surface area contributed by atoms with Crippen LogP contribution in [0, 0.1) is 12.8 Å². The molecule has 2 aromatic heterocycles. The molecule has 0 unspecified atom stereocenters. The lowest BCUT2D eigenvalue weighted by molar-refractivity contribution is 0.258. The van der Waals surface area contributed by atoms with Gasteiger partial charge in [0, 0.05) is 19.2 Å². The highest BCUT2D eigenvalue weighted by Gasteiger charge is 2.20. The fourth-order valence-electron chi connectivity index (χ4n) is 3.64. The lowest BCUT2D eigenvalue weighted by atomic mass is 9.94. The molecule has 29 heavy (non-hydrogen) atoms. The van der Waals surface area contributed by atoms with Gasteiger partial charge in [0.25, 0.3) is 5.88 Å². The van der Waals surface area contributed by atoms with Crippen LogP contribution in [0.3, 0.4) is 0 Å². The molecule has 0 N–H and O–H groups in total. The fraction of sp³-hybridized carbons (Fsp3) is 0.500. The number of hydrogen-bond acceptors (Lipinski definition) is 7. The predicted octanol–water partition coefficient (Wildman–Crippen LogP) is 4.40. The first-order chi connectivity index (χ1) is 14.2. The summed E-state index contributed by atoms with van der Waals surface area (Å²) in [7, 11) is 0. The quantitative estimate of drug-likeness (QED) is 0.559. The van der Waals surface area contributed by atoms with E-state index in [2.05, 4.69) is 33.2 Å². The van der Waals surface area contributed by atoms with Gasteiger partial charge in [-0.05, 0) is 67.9 Å². The summed E-state index contributed by atoms with van der Waals surface area (Å²) < 4.78 is 16.9. The Kier molecular flexibility index (Phi) is 6.12. The molecule has 0 aliphatic carbocycles. The highest BCUT2D eigenvalue weighted by atomic mass is 16.5. The Morgan fingerprint density at radius 2 is 1.93 bits per heavy atom. The largest absolute Gasteiger partial charge is 0.493 e. The van der Waals surface area contributed by atoms with Gasteiger partial charge in [0.15, 0.2) is 11.4 Å². The number of piperidine rings is 1. The number of aromatic nitrogens is 3. The molecule has 1 aromatic carbocycles. The van der Waals surface area contributed by atoms with Crippen molar-refractivity contribution < 1.29 is 14.0 Å². The zero-order valence-electron chi connectivity index (χ0n) is 17.1. The molecule has 7 heteroatoms. The number of hydrogen-bond donors (Lipinski definition) is 0. The zero-order valence-corrected chi connectivity index (χ0v) is 17.1. The summed E-state index contributed by atoms with van der Waals surface area (Å²) in [4.78, 5) is 2.32. The predicted molar refractivity (Wildman–Crippen MR) is 112 cm³/mol. The minimum absolute atomic E-state index is 0.554. The maximum absolute atomic E-state index is 5.97. The Hall–Kier alpha value is -2.83. The van der Waals surface area contributed by atoms with Crippen LogP contribution in [0.25, 0.3) is 11.0 Å². The smallest absolute Gasteiger partial charge is 0.262 e. The van der Waals surface area contributed by atoms with E-state index in [0.717, 1.165) is 61.4 Å². The van der Waals surface area contributed by atoms with Gasteiger partial charge in [-0.2, -0.15) is 5.10 Å². The molecule has 0 amide bonds. The molecule has 0 radical (unpaired) electrons. The van der Waals surface area contributed by atoms with Crippen molar-refractivity contribution in [3.63, 3.8) is 0 Å². The molecule has 7 nitrogen and oxygen atoms in total. The van der Waals surface area contributed by atoms with E-state index in [1.807, 2.05) is 31.2 Å². The van der Waals surface area contributed by atoms with Crippen LogP contribution in [-0.4, -0.2) is 41.7 Å². The lowest BCUT2D eigenvalue weighted by Gasteiger charge is -2.32. The van der Waals surface area contributed by atoms with Crippen molar-refractivity contribution in [3.8, 4) is 11.6 Å². The van der Waals surface area contributed by atoms with Gasteiger partial charge in [0.05, 0.1) is 24.3 Å². The second-order valence-electron chi connectivity index (χ2n) is 7.59. The number of nitrogens with zero attached hydrogens (tertiary/aromatic N) is 4. The number of rotatable bonds is 8. The molecular formula is C22H28N4O3. The van der Waals surface area contributed by atoms with E-state index in [1.165, 1.54) is 0 Å². The van der Waals surface area contributed by atoms with Crippen LogP contribution in [-0.2, 0) is 0 Å². The van der Waals surface area contributed by atoms with E-state index >= 15 is 0 Å². The second kappa shape index (κ2) is 9.11. The molecule has 1 fully saturated rings. The van der Waals surface area contributed by atoms with E-state index in [1.54, 1.807) is 0 Å². The molecular weight excluding hydrogens is 368 g/mol. The van der Waals surface area contributed by atoms with Gasteiger partial charge >= 0.3 is 0 Å². The third-order valence-corrected chi connectivity index (χ3v) is 5.37. The standard InChI is InChI=1S/C22H28N4O3/c1-3-13-28-22-19-6-5-18(15-20(19)29-25-22)27-14-10-17-8-11-26(12-9-17)21-7-4-16(2)23-24-21/h4-7,15,17H,3,8-14H2,1-2H3. The number of benzene rings is 1. The number of aryl methyl sites for hydroxylation is 1. The summed E-state index contributed by atoms with van der Waals surface area (Å²) in [5.41, 5.74) is 1.65. The Bertz CT molecular complexity index is 917. The van der Waals surface area contributed by atoms with Crippen LogP contribution < -0.4 is 14.4 Å². The van der Waals surface area contributed by atoms with Gasteiger partial charge in [0.2, 0.25) is 0 Å². The Morgan fingerprint density at radius 1 is 1.07 bits per heavy atom. The first-order valence-corrected chi connectivity index (χ1v) is 10.4. The second-order valence-corrected chi connectivity index (χ2v) is 7.59. The van der Waals surface area contributed by atoms with Crippen molar-refractivity contribution in [2.45, 2.75) is 39.5 Å². The number of fused-ring (bicyclic) bond motifs is 1. The van der Waals surface area contributed by atoms with E-state index < -0.39 is 0 Å². The fourth-order valence-corrected chi connectivity index (χ4v) is 3.64. The molecule has 1 aliphatic rings. The first kappa shape index (κ1) is 19.5. The molecule has 3 aromatic rings. The normalized spacial score (nSPS) is 15.0. The van der Waals surface area contributed by atoms with Crippen LogP contribution in [0.1, 0.15) is 38.3 Å².